The number of ether oxygens (including phenoxy) is 3. The number of para-hydroxylation sites is 2. The molecule has 1 aromatic heterocycles. The van der Waals surface area contributed by atoms with Gasteiger partial charge >= 0.3 is 0 Å². The predicted octanol–water partition coefficient (Wildman–Crippen LogP) is 2.19. The predicted molar refractivity (Wildman–Crippen MR) is 96.8 cm³/mol. The van der Waals surface area contributed by atoms with Gasteiger partial charge in [-0.3, -0.25) is 9.48 Å². The minimum atomic E-state index is -0.140. The molecule has 2 aromatic rings. The number of nitrogens with one attached hydrogen (secondary N) is 1. The number of benzene rings is 1. The summed E-state index contributed by atoms with van der Waals surface area (Å²) >= 11 is 0. The zero-order valence-corrected chi connectivity index (χ0v) is 15.2. The molecule has 2 heterocycles. The van der Waals surface area contributed by atoms with E-state index in [0.717, 1.165) is 17.2 Å². The van der Waals surface area contributed by atoms with E-state index in [0.29, 0.717) is 45.0 Å². The van der Waals surface area contributed by atoms with E-state index in [1.54, 1.807) is 10.7 Å². The van der Waals surface area contributed by atoms with Crippen LogP contribution in [0.1, 0.15) is 29.5 Å². The fourth-order valence-corrected chi connectivity index (χ4v) is 2.84. The number of carbonyl (C=O) groups excluding carboxylic acids is 1. The first kappa shape index (κ1) is 18.3. The highest BCUT2D eigenvalue weighted by Gasteiger charge is 2.21. The van der Waals surface area contributed by atoms with Crippen molar-refractivity contribution in [1.29, 1.82) is 0 Å². The molecular formula is C19H25N3O4. The van der Waals surface area contributed by atoms with E-state index < -0.39 is 0 Å². The van der Waals surface area contributed by atoms with Crippen molar-refractivity contribution >= 4 is 5.91 Å². The van der Waals surface area contributed by atoms with Gasteiger partial charge in [-0.15, -0.1) is 0 Å². The highest BCUT2D eigenvalue weighted by Crippen LogP contribution is 2.31. The number of aromatic nitrogens is 2. The zero-order chi connectivity index (χ0) is 18.4. The monoisotopic (exact) mass is 359 g/mol. The maximum Gasteiger partial charge on any atom is 0.269 e. The molecule has 1 atom stereocenters. The number of hydrogen-bond donors (Lipinski definition) is 1. The molecule has 1 aromatic carbocycles. The number of hydrogen-bond acceptors (Lipinski definition) is 5. The number of amides is 1. The van der Waals surface area contributed by atoms with Crippen molar-refractivity contribution in [3.63, 3.8) is 0 Å². The molecule has 1 amide bonds. The molecule has 1 aliphatic heterocycles. The highest BCUT2D eigenvalue weighted by atomic mass is 16.6. The standard InChI is InChI=1S/C19H25N3O4/c1-3-24-11-10-22-16(12-14(2)21-22)19(23)20-9-8-15-13-25-17-6-4-5-7-18(17)26-15/h4-7,12,15H,3,8-11,13H2,1-2H3,(H,20,23)/t15-/m1/s1. The van der Waals surface area contributed by atoms with E-state index in [4.69, 9.17) is 14.2 Å². The third-order valence-corrected chi connectivity index (χ3v) is 4.11. The van der Waals surface area contributed by atoms with Crippen LogP contribution in [0.15, 0.2) is 30.3 Å². The van der Waals surface area contributed by atoms with E-state index in [2.05, 4.69) is 10.4 Å². The van der Waals surface area contributed by atoms with Crippen molar-refractivity contribution in [1.82, 2.24) is 15.1 Å². The van der Waals surface area contributed by atoms with Gasteiger partial charge in [-0.2, -0.15) is 5.10 Å². The van der Waals surface area contributed by atoms with Crippen molar-refractivity contribution < 1.29 is 19.0 Å². The lowest BCUT2D eigenvalue weighted by Crippen LogP contribution is -2.35. The Morgan fingerprint density at radius 2 is 2.19 bits per heavy atom. The molecule has 0 bridgehead atoms. The first-order valence-corrected chi connectivity index (χ1v) is 8.96. The number of rotatable bonds is 8. The molecule has 26 heavy (non-hydrogen) atoms. The molecule has 0 unspecified atom stereocenters. The van der Waals surface area contributed by atoms with E-state index >= 15 is 0 Å². The number of fused-ring (bicyclic) bond motifs is 1. The number of carbonyl (C=O) groups is 1. The molecule has 0 saturated heterocycles. The van der Waals surface area contributed by atoms with Crippen molar-refractivity contribution in [3.05, 3.63) is 41.7 Å². The summed E-state index contributed by atoms with van der Waals surface area (Å²) in [6, 6.07) is 9.40. The largest absolute Gasteiger partial charge is 0.486 e. The summed E-state index contributed by atoms with van der Waals surface area (Å²) < 4.78 is 18.6. The Balaban J connectivity index is 1.49. The van der Waals surface area contributed by atoms with Gasteiger partial charge in [0, 0.05) is 19.6 Å². The first-order valence-electron chi connectivity index (χ1n) is 8.96. The molecule has 140 valence electrons. The highest BCUT2D eigenvalue weighted by molar-refractivity contribution is 5.92. The minimum absolute atomic E-state index is 0.0743. The fourth-order valence-electron chi connectivity index (χ4n) is 2.84. The summed E-state index contributed by atoms with van der Waals surface area (Å²) in [5.41, 5.74) is 1.36. The lowest BCUT2D eigenvalue weighted by Gasteiger charge is -2.26. The van der Waals surface area contributed by atoms with Gasteiger partial charge in [0.15, 0.2) is 11.5 Å². The third-order valence-electron chi connectivity index (χ3n) is 4.11. The Morgan fingerprint density at radius 3 is 3.00 bits per heavy atom. The van der Waals surface area contributed by atoms with Crippen molar-refractivity contribution in [3.8, 4) is 11.5 Å². The van der Waals surface area contributed by atoms with Crippen LogP contribution in [-0.4, -0.2) is 48.2 Å². The Labute approximate surface area is 153 Å². The molecule has 0 radical (unpaired) electrons. The molecule has 0 fully saturated rings. The second-order valence-corrected chi connectivity index (χ2v) is 6.13. The van der Waals surface area contributed by atoms with Crippen LogP contribution >= 0.6 is 0 Å². The summed E-state index contributed by atoms with van der Waals surface area (Å²) in [6.45, 7) is 6.54. The van der Waals surface area contributed by atoms with Gasteiger partial charge in [0.25, 0.3) is 5.91 Å². The molecule has 1 N–H and O–H groups in total. The van der Waals surface area contributed by atoms with E-state index in [-0.39, 0.29) is 12.0 Å². The summed E-state index contributed by atoms with van der Waals surface area (Å²) in [4.78, 5) is 12.5. The van der Waals surface area contributed by atoms with Crippen LogP contribution in [0.25, 0.3) is 0 Å². The Kier molecular flexibility index (Phi) is 6.12. The lowest BCUT2D eigenvalue weighted by molar-refractivity contribution is 0.0808. The Morgan fingerprint density at radius 1 is 1.38 bits per heavy atom. The van der Waals surface area contributed by atoms with Crippen LogP contribution in [0.2, 0.25) is 0 Å². The zero-order valence-electron chi connectivity index (χ0n) is 15.2. The molecule has 1 aliphatic rings. The average Bonchev–Trinajstić information content (AvgIpc) is 3.02. The minimum Gasteiger partial charge on any atom is -0.486 e. The van der Waals surface area contributed by atoms with Crippen molar-refractivity contribution in [2.75, 3.05) is 26.4 Å². The van der Waals surface area contributed by atoms with Crippen LogP contribution in [0.5, 0.6) is 11.5 Å². The van der Waals surface area contributed by atoms with Gasteiger partial charge < -0.3 is 19.5 Å². The molecule has 0 aliphatic carbocycles. The van der Waals surface area contributed by atoms with Crippen LogP contribution in [0.3, 0.4) is 0 Å². The number of aryl methyl sites for hydroxylation is 1. The second kappa shape index (κ2) is 8.71. The third kappa shape index (κ3) is 4.54. The Bertz CT molecular complexity index is 744. The summed E-state index contributed by atoms with van der Waals surface area (Å²) in [5.74, 6) is 1.38. The SMILES string of the molecule is CCOCCn1nc(C)cc1C(=O)NCC[C@@H]1COc2ccccc2O1. The summed E-state index contributed by atoms with van der Waals surface area (Å²) in [7, 11) is 0. The summed E-state index contributed by atoms with van der Waals surface area (Å²) in [5, 5.41) is 7.30. The van der Waals surface area contributed by atoms with Gasteiger partial charge in [-0.05, 0) is 32.0 Å². The normalized spacial score (nSPS) is 15.7. The van der Waals surface area contributed by atoms with Crippen LogP contribution in [0.4, 0.5) is 0 Å². The molecule has 7 nitrogen and oxygen atoms in total. The van der Waals surface area contributed by atoms with E-state index in [1.807, 2.05) is 38.1 Å². The van der Waals surface area contributed by atoms with Gasteiger partial charge in [0.2, 0.25) is 0 Å². The van der Waals surface area contributed by atoms with Crippen molar-refractivity contribution in [2.45, 2.75) is 32.9 Å². The van der Waals surface area contributed by atoms with Gasteiger partial charge in [0.1, 0.15) is 18.4 Å². The lowest BCUT2D eigenvalue weighted by atomic mass is 10.2. The molecule has 0 saturated carbocycles. The maximum atomic E-state index is 12.5. The van der Waals surface area contributed by atoms with Crippen LogP contribution in [0, 0.1) is 6.92 Å². The fraction of sp³-hybridized carbons (Fsp3) is 0.474. The van der Waals surface area contributed by atoms with Gasteiger partial charge in [0.05, 0.1) is 18.8 Å². The van der Waals surface area contributed by atoms with Gasteiger partial charge in [-0.1, -0.05) is 12.1 Å². The van der Waals surface area contributed by atoms with Gasteiger partial charge in [-0.25, -0.2) is 0 Å². The molecule has 7 heteroatoms. The summed E-state index contributed by atoms with van der Waals surface area (Å²) in [6.07, 6.45) is 0.598. The van der Waals surface area contributed by atoms with Crippen LogP contribution in [-0.2, 0) is 11.3 Å². The Hall–Kier alpha value is -2.54. The topological polar surface area (TPSA) is 74.6 Å². The second-order valence-electron chi connectivity index (χ2n) is 6.13. The average molecular weight is 359 g/mol. The van der Waals surface area contributed by atoms with E-state index in [1.165, 1.54) is 0 Å². The van der Waals surface area contributed by atoms with E-state index in [9.17, 15) is 4.79 Å². The smallest absolute Gasteiger partial charge is 0.269 e. The molecule has 3 rings (SSSR count). The molecular weight excluding hydrogens is 334 g/mol. The maximum absolute atomic E-state index is 12.5. The number of nitrogens with zero attached hydrogens (tertiary/aromatic N) is 2. The first-order chi connectivity index (χ1) is 12.7. The van der Waals surface area contributed by atoms with Crippen LogP contribution < -0.4 is 14.8 Å². The molecule has 0 spiro atoms. The van der Waals surface area contributed by atoms with Crippen molar-refractivity contribution in [2.24, 2.45) is 0 Å². The quantitative estimate of drug-likeness (QED) is 0.732.